The molecule has 12 nitrogen and oxygen atoms in total. The number of nitrogens with two attached hydrogens (primary N) is 2. The molecule has 0 amide bonds. The number of hydrogen-bond acceptors (Lipinski definition) is 16. The van der Waals surface area contributed by atoms with Gasteiger partial charge in [0.1, 0.15) is 12.1 Å². The number of carbonyl (C=O) groups is 6. The molecule has 0 aromatic heterocycles. The van der Waals surface area contributed by atoms with Crippen molar-refractivity contribution in [3.05, 3.63) is 12.2 Å². The maximum atomic E-state index is 12.1. The van der Waals surface area contributed by atoms with Crippen LogP contribution >= 0.6 is 47.9 Å². The average Bonchev–Trinajstić information content (AvgIpc) is 3.40. The first-order chi connectivity index (χ1) is 36.8. The van der Waals surface area contributed by atoms with Crippen molar-refractivity contribution >= 4 is 82.0 Å². The number of unbranched alkanes of at least 4 members (excludes halogenated alkanes) is 30. The third-order valence-corrected chi connectivity index (χ3v) is 15.7. The summed E-state index contributed by atoms with van der Waals surface area (Å²) in [5.74, 6) is 0.485. The predicted molar refractivity (Wildman–Crippen MR) is 330 cm³/mol. The summed E-state index contributed by atoms with van der Waals surface area (Å²) < 4.78 is 20.0. The number of carbonyl (C=O) groups excluding carboxylic acids is 6. The average molecular weight is 1150 g/mol. The number of ether oxygens (including phenoxy) is 4. The molecule has 0 bridgehead atoms. The maximum Gasteiger partial charge on any atom is 0.323 e. The molecule has 0 saturated heterocycles. The van der Waals surface area contributed by atoms with Gasteiger partial charge in [-0.15, -0.1) is 0 Å². The molecule has 0 aliphatic rings. The van der Waals surface area contributed by atoms with E-state index < -0.39 is 18.1 Å². The van der Waals surface area contributed by atoms with Crippen LogP contribution in [0.15, 0.2) is 12.2 Å². The Labute approximate surface area is 483 Å². The smallest absolute Gasteiger partial charge is 0.323 e. The van der Waals surface area contributed by atoms with Gasteiger partial charge < -0.3 is 30.4 Å². The highest BCUT2D eigenvalue weighted by molar-refractivity contribution is 8.14. The predicted octanol–water partition coefficient (Wildman–Crippen LogP) is 15.7. The Bertz CT molecular complexity index is 1380. The van der Waals surface area contributed by atoms with Gasteiger partial charge >= 0.3 is 23.9 Å². The van der Waals surface area contributed by atoms with Crippen LogP contribution in [0.25, 0.3) is 0 Å². The van der Waals surface area contributed by atoms with E-state index in [-0.39, 0.29) is 39.8 Å². The molecule has 448 valence electrons. The highest BCUT2D eigenvalue weighted by Gasteiger charge is 2.18. The molecule has 0 aromatic carbocycles. The quantitative estimate of drug-likeness (QED) is 0.0171. The normalized spacial score (nSPS) is 12.2. The van der Waals surface area contributed by atoms with E-state index in [1.54, 1.807) is 19.9 Å². The standard InChI is InChI=1S/C30H57NO5S2.C25H46O3S.C5H11NO2S/c1-4-6-7-8-9-10-11-12-13-14-15-16-17-18-19-20-22-36-28(32)21-23-37-29(33)24-26(3)38-25-27(31)30(34)35-5-2;1-3-5-6-7-8-9-10-11-12-13-14-15-16-17-18-19-22-28-24(26)21-23-29-25(27)20-4-2;1-2-8-5(7)4(6)3-9/h26-27H,4-25,31H2,1-3H3;4,20H,3,5-19,21-23H2,1-2H3;4,9H,2-3,6H2,1H3/b;20-4+;. The Hall–Kier alpha value is -1.72. The molecule has 3 unspecified atom stereocenters. The van der Waals surface area contributed by atoms with Crippen LogP contribution in [0.1, 0.15) is 266 Å². The van der Waals surface area contributed by atoms with Crippen LogP contribution < -0.4 is 11.5 Å². The number of esters is 4. The molecule has 0 radical (unpaired) electrons. The SMILES string of the molecule is C/C=C/C(=O)SCCC(=O)OCCCCCCCCCCCCCCCCCC.CCCCCCCCCCCCCCCCCCOC(=O)CCSC(=O)CC(C)SCC(N)C(=O)OCC.CCOC(=O)C(N)CS. The molecule has 0 aliphatic carbocycles. The first kappa shape index (κ1) is 78.5. The van der Waals surface area contributed by atoms with E-state index in [1.807, 2.05) is 13.8 Å². The summed E-state index contributed by atoms with van der Waals surface area (Å²) in [7, 11) is 0. The molecular formula is C60H114N2O10S4. The Morgan fingerprint density at radius 3 is 1.13 bits per heavy atom. The third kappa shape index (κ3) is 63.1. The van der Waals surface area contributed by atoms with Crippen molar-refractivity contribution < 1.29 is 47.7 Å². The van der Waals surface area contributed by atoms with Crippen molar-refractivity contribution in [2.45, 2.75) is 284 Å². The van der Waals surface area contributed by atoms with Crippen LogP contribution in [0.5, 0.6) is 0 Å². The molecule has 0 aliphatic heterocycles. The summed E-state index contributed by atoms with van der Waals surface area (Å²) in [5, 5.41) is 0.0933. The van der Waals surface area contributed by atoms with Crippen molar-refractivity contribution in [1.29, 1.82) is 0 Å². The molecule has 0 saturated carbocycles. The number of rotatable bonds is 51. The van der Waals surface area contributed by atoms with Crippen LogP contribution in [-0.4, -0.2) is 101 Å². The van der Waals surface area contributed by atoms with Gasteiger partial charge in [0.15, 0.2) is 5.12 Å². The molecule has 4 N–H and O–H groups in total. The van der Waals surface area contributed by atoms with Gasteiger partial charge in [-0.25, -0.2) is 0 Å². The van der Waals surface area contributed by atoms with Crippen molar-refractivity contribution in [3.63, 3.8) is 0 Å². The number of thioether (sulfide) groups is 3. The van der Waals surface area contributed by atoms with Crippen LogP contribution in [0, 0.1) is 0 Å². The van der Waals surface area contributed by atoms with Crippen LogP contribution in [0.3, 0.4) is 0 Å². The van der Waals surface area contributed by atoms with Gasteiger partial charge in [0.05, 0.1) is 39.3 Å². The largest absolute Gasteiger partial charge is 0.466 e. The first-order valence-electron chi connectivity index (χ1n) is 30.2. The van der Waals surface area contributed by atoms with Crippen LogP contribution in [0.2, 0.25) is 0 Å². The molecule has 0 aromatic rings. The summed E-state index contributed by atoms with van der Waals surface area (Å²) in [6.45, 7) is 13.5. The highest BCUT2D eigenvalue weighted by Crippen LogP contribution is 2.20. The van der Waals surface area contributed by atoms with E-state index in [0.717, 1.165) is 25.7 Å². The lowest BCUT2D eigenvalue weighted by Gasteiger charge is -2.14. The van der Waals surface area contributed by atoms with Gasteiger partial charge in [-0.05, 0) is 39.7 Å². The van der Waals surface area contributed by atoms with Crippen LogP contribution in [0.4, 0.5) is 0 Å². The summed E-state index contributed by atoms with van der Waals surface area (Å²) >= 11 is 7.64. The first-order valence-corrected chi connectivity index (χ1v) is 33.8. The van der Waals surface area contributed by atoms with Crippen molar-refractivity contribution in [1.82, 2.24) is 0 Å². The van der Waals surface area contributed by atoms with Gasteiger partial charge in [0.25, 0.3) is 0 Å². The molecule has 3 atom stereocenters. The Morgan fingerprint density at radius 1 is 0.474 bits per heavy atom. The minimum Gasteiger partial charge on any atom is -0.466 e. The third-order valence-electron chi connectivity index (χ3n) is 12.3. The molecule has 0 spiro atoms. The van der Waals surface area contributed by atoms with Crippen molar-refractivity contribution in [2.24, 2.45) is 11.5 Å². The van der Waals surface area contributed by atoms with Gasteiger partial charge in [0, 0.05) is 34.7 Å². The Kier molecular flexibility index (Phi) is 66.2. The number of allylic oxidation sites excluding steroid dienone is 1. The second-order valence-corrected chi connectivity index (χ2v) is 23.8. The zero-order valence-corrected chi connectivity index (χ0v) is 52.5. The number of thiol groups is 1. The fraction of sp³-hybridized carbons (Fsp3) is 0.867. The lowest BCUT2D eigenvalue weighted by Crippen LogP contribution is -2.35. The summed E-state index contributed by atoms with van der Waals surface area (Å²) in [4.78, 5) is 69.0. The van der Waals surface area contributed by atoms with Gasteiger partial charge in [-0.1, -0.05) is 243 Å². The zero-order valence-electron chi connectivity index (χ0n) is 49.2. The maximum absolute atomic E-state index is 12.1. The molecule has 76 heavy (non-hydrogen) atoms. The lowest BCUT2D eigenvalue weighted by atomic mass is 10.0. The van der Waals surface area contributed by atoms with Gasteiger partial charge in [-0.3, -0.25) is 28.8 Å². The Morgan fingerprint density at radius 2 is 0.803 bits per heavy atom. The van der Waals surface area contributed by atoms with E-state index in [1.165, 1.54) is 221 Å². The van der Waals surface area contributed by atoms with Crippen LogP contribution in [-0.2, 0) is 47.7 Å². The molecule has 0 rings (SSSR count). The minimum absolute atomic E-state index is 0.00175. The van der Waals surface area contributed by atoms with Gasteiger partial charge in [-0.2, -0.15) is 24.4 Å². The monoisotopic (exact) mass is 1150 g/mol. The lowest BCUT2D eigenvalue weighted by molar-refractivity contribution is -0.144. The van der Waals surface area contributed by atoms with E-state index in [4.69, 9.17) is 25.7 Å². The van der Waals surface area contributed by atoms with E-state index in [9.17, 15) is 28.8 Å². The minimum atomic E-state index is -0.672. The zero-order chi connectivity index (χ0) is 57.0. The molecule has 16 heteroatoms. The molecule has 0 heterocycles. The van der Waals surface area contributed by atoms with Gasteiger partial charge in [0.2, 0.25) is 5.12 Å². The van der Waals surface area contributed by atoms with Crippen molar-refractivity contribution in [3.8, 4) is 0 Å². The summed E-state index contributed by atoms with van der Waals surface area (Å²) in [5.41, 5.74) is 11.0. The summed E-state index contributed by atoms with van der Waals surface area (Å²) in [6, 6.07) is -1.25. The second-order valence-electron chi connectivity index (χ2n) is 19.7. The van der Waals surface area contributed by atoms with E-state index >= 15 is 0 Å². The summed E-state index contributed by atoms with van der Waals surface area (Å²) in [6.07, 6.45) is 46.8. The second kappa shape index (κ2) is 64.1. The van der Waals surface area contributed by atoms with Crippen molar-refractivity contribution in [2.75, 3.05) is 49.4 Å². The highest BCUT2D eigenvalue weighted by atomic mass is 32.2. The Balaban J connectivity index is -0.00000123. The molecule has 0 fully saturated rings. The number of hydrogen-bond donors (Lipinski definition) is 3. The fourth-order valence-corrected chi connectivity index (χ4v) is 10.5. The topological polar surface area (TPSA) is 191 Å². The molecular weight excluding hydrogens is 1040 g/mol. The fourth-order valence-electron chi connectivity index (χ4n) is 7.75. The van der Waals surface area contributed by atoms with E-state index in [0.29, 0.717) is 62.3 Å². The van der Waals surface area contributed by atoms with E-state index in [2.05, 4.69) is 31.2 Å².